The number of nitrogens with one attached hydrogen (secondary N) is 1. The summed E-state index contributed by atoms with van der Waals surface area (Å²) in [6, 6.07) is 5.06. The number of nitrogens with zero attached hydrogens (tertiary/aromatic N) is 2. The second kappa shape index (κ2) is 5.73. The number of amides is 2. The minimum atomic E-state index is -0.374. The molecule has 0 unspecified atom stereocenters. The standard InChI is InChI=1S/C12H17ClN4O/c1-4-17(12(18)16(3)11(14)15)10-8(2)6-5-7-9(10)13/h5-7H,4H2,1-3H3,(H3,14,15). The van der Waals surface area contributed by atoms with E-state index in [0.29, 0.717) is 17.3 Å². The van der Waals surface area contributed by atoms with Crippen LogP contribution in [-0.4, -0.2) is 30.5 Å². The minimum absolute atomic E-state index is 0.303. The van der Waals surface area contributed by atoms with Crippen LogP contribution in [0.25, 0.3) is 0 Å². The van der Waals surface area contributed by atoms with Crippen molar-refractivity contribution in [3.63, 3.8) is 0 Å². The maximum Gasteiger partial charge on any atom is 0.331 e. The fourth-order valence-electron chi connectivity index (χ4n) is 1.64. The third-order valence-corrected chi connectivity index (χ3v) is 2.96. The number of benzene rings is 1. The van der Waals surface area contributed by atoms with Crippen LogP contribution in [-0.2, 0) is 0 Å². The number of urea groups is 1. The summed E-state index contributed by atoms with van der Waals surface area (Å²) in [5.74, 6) is -0.303. The highest BCUT2D eigenvalue weighted by atomic mass is 35.5. The van der Waals surface area contributed by atoms with Crippen molar-refractivity contribution < 1.29 is 4.79 Å². The molecule has 1 aromatic carbocycles. The summed E-state index contributed by atoms with van der Waals surface area (Å²) >= 11 is 6.13. The highest BCUT2D eigenvalue weighted by molar-refractivity contribution is 6.34. The highest BCUT2D eigenvalue weighted by Gasteiger charge is 2.22. The Kier molecular flexibility index (Phi) is 4.55. The first kappa shape index (κ1) is 14.3. The van der Waals surface area contributed by atoms with Gasteiger partial charge in [-0.05, 0) is 25.5 Å². The Morgan fingerprint density at radius 1 is 1.50 bits per heavy atom. The van der Waals surface area contributed by atoms with Crippen LogP contribution in [0.5, 0.6) is 0 Å². The maximum atomic E-state index is 12.2. The summed E-state index contributed by atoms with van der Waals surface area (Å²) < 4.78 is 0. The molecule has 0 bridgehead atoms. The van der Waals surface area contributed by atoms with E-state index in [0.717, 1.165) is 10.5 Å². The van der Waals surface area contributed by atoms with Crippen molar-refractivity contribution in [2.24, 2.45) is 5.73 Å². The lowest BCUT2D eigenvalue weighted by atomic mass is 10.2. The Balaban J connectivity index is 3.18. The summed E-state index contributed by atoms with van der Waals surface area (Å²) in [4.78, 5) is 14.8. The van der Waals surface area contributed by atoms with Gasteiger partial charge in [0.2, 0.25) is 0 Å². The van der Waals surface area contributed by atoms with Gasteiger partial charge in [-0.2, -0.15) is 0 Å². The number of halogens is 1. The number of guanidine groups is 1. The number of hydrogen-bond donors (Lipinski definition) is 2. The first-order valence-corrected chi connectivity index (χ1v) is 5.92. The largest absolute Gasteiger partial charge is 0.370 e. The van der Waals surface area contributed by atoms with Crippen molar-refractivity contribution >= 4 is 29.3 Å². The van der Waals surface area contributed by atoms with E-state index in [1.54, 1.807) is 6.07 Å². The van der Waals surface area contributed by atoms with Crippen LogP contribution in [0.1, 0.15) is 12.5 Å². The van der Waals surface area contributed by atoms with Gasteiger partial charge in [-0.1, -0.05) is 23.7 Å². The number of anilines is 1. The molecule has 1 rings (SSSR count). The predicted octanol–water partition coefficient (Wildman–Crippen LogP) is 2.42. The van der Waals surface area contributed by atoms with E-state index >= 15 is 0 Å². The number of rotatable bonds is 2. The summed E-state index contributed by atoms with van der Waals surface area (Å²) in [7, 11) is 1.46. The van der Waals surface area contributed by atoms with Crippen LogP contribution >= 0.6 is 11.6 Å². The van der Waals surface area contributed by atoms with Crippen molar-refractivity contribution in [1.82, 2.24) is 4.90 Å². The maximum absolute atomic E-state index is 12.2. The normalized spacial score (nSPS) is 10.0. The molecule has 0 atom stereocenters. The molecule has 3 N–H and O–H groups in total. The molecule has 0 radical (unpaired) electrons. The third-order valence-electron chi connectivity index (χ3n) is 2.65. The van der Waals surface area contributed by atoms with Gasteiger partial charge in [0.25, 0.3) is 0 Å². The van der Waals surface area contributed by atoms with Gasteiger partial charge in [-0.15, -0.1) is 0 Å². The van der Waals surface area contributed by atoms with E-state index < -0.39 is 0 Å². The van der Waals surface area contributed by atoms with Crippen molar-refractivity contribution in [2.75, 3.05) is 18.5 Å². The molecule has 2 amide bonds. The predicted molar refractivity (Wildman–Crippen MR) is 74.3 cm³/mol. The molecule has 6 heteroatoms. The SMILES string of the molecule is CCN(C(=O)N(C)C(=N)N)c1c(C)cccc1Cl. The van der Waals surface area contributed by atoms with Crippen LogP contribution < -0.4 is 10.6 Å². The smallest absolute Gasteiger partial charge is 0.331 e. The lowest BCUT2D eigenvalue weighted by molar-refractivity contribution is 0.232. The van der Waals surface area contributed by atoms with Crippen molar-refractivity contribution in [2.45, 2.75) is 13.8 Å². The molecule has 0 fully saturated rings. The zero-order valence-corrected chi connectivity index (χ0v) is 11.5. The molecular formula is C12H17ClN4O. The van der Waals surface area contributed by atoms with Crippen molar-refractivity contribution in [3.8, 4) is 0 Å². The zero-order chi connectivity index (χ0) is 13.9. The topological polar surface area (TPSA) is 73.4 Å². The van der Waals surface area contributed by atoms with Crippen LogP contribution in [0.4, 0.5) is 10.5 Å². The fraction of sp³-hybridized carbons (Fsp3) is 0.333. The molecular weight excluding hydrogens is 252 g/mol. The van der Waals surface area contributed by atoms with Gasteiger partial charge in [-0.3, -0.25) is 15.2 Å². The van der Waals surface area contributed by atoms with E-state index in [-0.39, 0.29) is 12.0 Å². The van der Waals surface area contributed by atoms with E-state index in [1.165, 1.54) is 11.9 Å². The molecule has 0 saturated heterocycles. The van der Waals surface area contributed by atoms with Gasteiger partial charge >= 0.3 is 6.03 Å². The first-order chi connectivity index (χ1) is 8.40. The fourth-order valence-corrected chi connectivity index (χ4v) is 1.96. The number of carbonyl (C=O) groups excluding carboxylic acids is 1. The van der Waals surface area contributed by atoms with E-state index in [4.69, 9.17) is 22.7 Å². The van der Waals surface area contributed by atoms with Crippen LogP contribution in [0.2, 0.25) is 5.02 Å². The Hall–Kier alpha value is -1.75. The summed E-state index contributed by atoms with van der Waals surface area (Å²) in [6.07, 6.45) is 0. The molecule has 0 aliphatic rings. The number of para-hydroxylation sites is 1. The quantitative estimate of drug-likeness (QED) is 0.639. The Bertz CT molecular complexity index is 455. The van der Waals surface area contributed by atoms with E-state index in [9.17, 15) is 4.79 Å². The molecule has 0 aliphatic carbocycles. The first-order valence-electron chi connectivity index (χ1n) is 5.54. The average molecular weight is 269 g/mol. The number of nitrogens with two attached hydrogens (primary N) is 1. The van der Waals surface area contributed by atoms with Crippen molar-refractivity contribution in [3.05, 3.63) is 28.8 Å². The monoisotopic (exact) mass is 268 g/mol. The Labute approximate surface area is 112 Å². The second-order valence-electron chi connectivity index (χ2n) is 3.88. The molecule has 5 nitrogen and oxygen atoms in total. The average Bonchev–Trinajstić information content (AvgIpc) is 2.32. The number of carbonyl (C=O) groups is 1. The van der Waals surface area contributed by atoms with Gasteiger partial charge in [-0.25, -0.2) is 4.79 Å². The molecule has 18 heavy (non-hydrogen) atoms. The molecule has 0 heterocycles. The number of aryl methyl sites for hydroxylation is 1. The molecule has 0 saturated carbocycles. The zero-order valence-electron chi connectivity index (χ0n) is 10.7. The number of hydrogen-bond acceptors (Lipinski definition) is 2. The summed E-state index contributed by atoms with van der Waals surface area (Å²) in [5, 5.41) is 7.79. The second-order valence-corrected chi connectivity index (χ2v) is 4.28. The van der Waals surface area contributed by atoms with Gasteiger partial charge < -0.3 is 5.73 Å². The summed E-state index contributed by atoms with van der Waals surface area (Å²) in [5.41, 5.74) is 6.86. The van der Waals surface area contributed by atoms with E-state index in [1.807, 2.05) is 26.0 Å². The molecule has 1 aromatic rings. The van der Waals surface area contributed by atoms with E-state index in [2.05, 4.69) is 0 Å². The van der Waals surface area contributed by atoms with Gasteiger partial charge in [0.15, 0.2) is 5.96 Å². The molecule has 0 aliphatic heterocycles. The van der Waals surface area contributed by atoms with Crippen LogP contribution in [0, 0.1) is 12.3 Å². The minimum Gasteiger partial charge on any atom is -0.370 e. The molecule has 0 spiro atoms. The molecule has 98 valence electrons. The Morgan fingerprint density at radius 3 is 2.56 bits per heavy atom. The third kappa shape index (κ3) is 2.73. The lowest BCUT2D eigenvalue weighted by Gasteiger charge is -2.28. The van der Waals surface area contributed by atoms with Gasteiger partial charge in [0, 0.05) is 13.6 Å². The Morgan fingerprint density at radius 2 is 2.11 bits per heavy atom. The van der Waals surface area contributed by atoms with Gasteiger partial charge in [0.1, 0.15) is 0 Å². The van der Waals surface area contributed by atoms with Gasteiger partial charge in [0.05, 0.1) is 10.7 Å². The lowest BCUT2D eigenvalue weighted by Crippen LogP contribution is -2.47. The molecule has 0 aromatic heterocycles. The van der Waals surface area contributed by atoms with Crippen LogP contribution in [0.15, 0.2) is 18.2 Å². The van der Waals surface area contributed by atoms with Crippen molar-refractivity contribution in [1.29, 1.82) is 5.41 Å². The summed E-state index contributed by atoms with van der Waals surface area (Å²) in [6.45, 7) is 4.17. The highest BCUT2D eigenvalue weighted by Crippen LogP contribution is 2.29. The van der Waals surface area contributed by atoms with Crippen LogP contribution in [0.3, 0.4) is 0 Å².